The molecule has 1 atom stereocenters. The maximum Gasteiger partial charge on any atom is -0.0249 e. The Morgan fingerprint density at radius 1 is 1.08 bits per heavy atom. The van der Waals surface area contributed by atoms with E-state index in [1.54, 1.807) is 0 Å². The van der Waals surface area contributed by atoms with Crippen LogP contribution in [0.4, 0.5) is 0 Å². The Kier molecular flexibility index (Phi) is 3.20. The van der Waals surface area contributed by atoms with Gasteiger partial charge in [-0.15, -0.1) is 0 Å². The van der Waals surface area contributed by atoms with Crippen LogP contribution in [0.5, 0.6) is 0 Å². The summed E-state index contributed by atoms with van der Waals surface area (Å²) in [7, 11) is 0. The highest BCUT2D eigenvalue weighted by molar-refractivity contribution is 4.90. The van der Waals surface area contributed by atoms with E-state index in [1.807, 2.05) is 0 Å². The summed E-state index contributed by atoms with van der Waals surface area (Å²) in [5, 5.41) is 0. The van der Waals surface area contributed by atoms with E-state index in [4.69, 9.17) is 0 Å². The van der Waals surface area contributed by atoms with E-state index in [1.165, 1.54) is 32.1 Å². The van der Waals surface area contributed by atoms with Gasteiger partial charge in [0.1, 0.15) is 0 Å². The van der Waals surface area contributed by atoms with E-state index < -0.39 is 0 Å². The summed E-state index contributed by atoms with van der Waals surface area (Å²) in [5.41, 5.74) is 0.703. The quantitative estimate of drug-likeness (QED) is 0.591. The molecule has 0 heterocycles. The summed E-state index contributed by atoms with van der Waals surface area (Å²) in [5.74, 6) is 1.81. The molecule has 0 bridgehead atoms. The van der Waals surface area contributed by atoms with Gasteiger partial charge in [0, 0.05) is 0 Å². The molecule has 0 aliphatic heterocycles. The zero-order valence-corrected chi connectivity index (χ0v) is 9.19. The van der Waals surface area contributed by atoms with Gasteiger partial charge in [0.15, 0.2) is 0 Å². The van der Waals surface area contributed by atoms with Crippen LogP contribution in [0, 0.1) is 17.3 Å². The van der Waals surface area contributed by atoms with Gasteiger partial charge in [0.05, 0.1) is 0 Å². The molecule has 1 rings (SSSR count). The van der Waals surface area contributed by atoms with Crippen LogP contribution in [-0.4, -0.2) is 0 Å². The SMILES string of the molecule is CCC(C)C1(C(C)C)CCCC1. The van der Waals surface area contributed by atoms with Crippen molar-refractivity contribution in [3.05, 3.63) is 0 Å². The zero-order valence-electron chi connectivity index (χ0n) is 9.19. The van der Waals surface area contributed by atoms with E-state index in [9.17, 15) is 0 Å². The summed E-state index contributed by atoms with van der Waals surface area (Å²) >= 11 is 0. The van der Waals surface area contributed by atoms with Crippen LogP contribution in [0.3, 0.4) is 0 Å². The first kappa shape index (κ1) is 10.1. The summed E-state index contributed by atoms with van der Waals surface area (Å²) in [6.45, 7) is 9.62. The molecule has 12 heavy (non-hydrogen) atoms. The van der Waals surface area contributed by atoms with Crippen molar-refractivity contribution in [2.24, 2.45) is 17.3 Å². The molecule has 0 spiro atoms. The van der Waals surface area contributed by atoms with Gasteiger partial charge in [-0.25, -0.2) is 0 Å². The maximum atomic E-state index is 2.45. The lowest BCUT2D eigenvalue weighted by Gasteiger charge is -2.39. The highest BCUT2D eigenvalue weighted by atomic mass is 14.4. The van der Waals surface area contributed by atoms with Crippen molar-refractivity contribution in [1.82, 2.24) is 0 Å². The first-order valence-corrected chi connectivity index (χ1v) is 5.63. The zero-order chi connectivity index (χ0) is 9.19. The summed E-state index contributed by atoms with van der Waals surface area (Å²) < 4.78 is 0. The molecule has 1 aliphatic rings. The Labute approximate surface area is 77.7 Å². The molecule has 0 amide bonds. The Balaban J connectivity index is 2.71. The van der Waals surface area contributed by atoms with Crippen LogP contribution in [0.15, 0.2) is 0 Å². The number of hydrogen-bond acceptors (Lipinski definition) is 0. The van der Waals surface area contributed by atoms with Gasteiger partial charge >= 0.3 is 0 Å². The molecular formula is C12H24. The van der Waals surface area contributed by atoms with Gasteiger partial charge in [0.25, 0.3) is 0 Å². The van der Waals surface area contributed by atoms with Crippen molar-refractivity contribution >= 4 is 0 Å². The first-order chi connectivity index (χ1) is 5.63. The number of rotatable bonds is 3. The minimum Gasteiger partial charge on any atom is -0.0651 e. The Bertz CT molecular complexity index is 129. The minimum atomic E-state index is 0.703. The van der Waals surface area contributed by atoms with Crippen LogP contribution in [0.25, 0.3) is 0 Å². The van der Waals surface area contributed by atoms with Crippen LogP contribution >= 0.6 is 0 Å². The molecule has 0 aromatic carbocycles. The van der Waals surface area contributed by atoms with Crippen molar-refractivity contribution < 1.29 is 0 Å². The molecule has 0 radical (unpaired) electrons. The topological polar surface area (TPSA) is 0 Å². The normalized spacial score (nSPS) is 24.8. The Morgan fingerprint density at radius 2 is 1.58 bits per heavy atom. The summed E-state index contributed by atoms with van der Waals surface area (Å²) in [6, 6.07) is 0. The van der Waals surface area contributed by atoms with Crippen molar-refractivity contribution in [3.8, 4) is 0 Å². The highest BCUT2D eigenvalue weighted by Gasteiger charge is 2.40. The molecule has 1 saturated carbocycles. The van der Waals surface area contributed by atoms with Gasteiger partial charge in [0.2, 0.25) is 0 Å². The van der Waals surface area contributed by atoms with E-state index in [0.717, 1.165) is 11.8 Å². The Morgan fingerprint density at radius 3 is 1.92 bits per heavy atom. The van der Waals surface area contributed by atoms with Crippen molar-refractivity contribution in [1.29, 1.82) is 0 Å². The second kappa shape index (κ2) is 3.81. The predicted molar refractivity (Wildman–Crippen MR) is 55.2 cm³/mol. The largest absolute Gasteiger partial charge is 0.0651 e. The standard InChI is InChI=1S/C12H24/c1-5-11(4)12(10(2)3)8-6-7-9-12/h10-11H,5-9H2,1-4H3. The fourth-order valence-electron chi connectivity index (χ4n) is 3.08. The predicted octanol–water partition coefficient (Wildman–Crippen LogP) is 4.25. The lowest BCUT2D eigenvalue weighted by atomic mass is 9.66. The van der Waals surface area contributed by atoms with E-state index in [0.29, 0.717) is 5.41 Å². The molecule has 1 unspecified atom stereocenters. The lowest BCUT2D eigenvalue weighted by Crippen LogP contribution is -2.31. The fourth-order valence-corrected chi connectivity index (χ4v) is 3.08. The van der Waals surface area contributed by atoms with Gasteiger partial charge in [-0.2, -0.15) is 0 Å². The maximum absolute atomic E-state index is 2.45. The third-order valence-electron chi connectivity index (χ3n) is 4.28. The second-order valence-corrected chi connectivity index (χ2v) is 4.90. The van der Waals surface area contributed by atoms with Crippen LogP contribution in [-0.2, 0) is 0 Å². The third kappa shape index (κ3) is 1.53. The smallest absolute Gasteiger partial charge is 0.0249 e. The average molecular weight is 168 g/mol. The van der Waals surface area contributed by atoms with Crippen molar-refractivity contribution in [2.45, 2.75) is 59.8 Å². The monoisotopic (exact) mass is 168 g/mol. The summed E-state index contributed by atoms with van der Waals surface area (Å²) in [4.78, 5) is 0. The highest BCUT2D eigenvalue weighted by Crippen LogP contribution is 2.50. The van der Waals surface area contributed by atoms with Gasteiger partial charge < -0.3 is 0 Å². The van der Waals surface area contributed by atoms with Gasteiger partial charge in [-0.3, -0.25) is 0 Å². The van der Waals surface area contributed by atoms with Gasteiger partial charge in [-0.05, 0) is 30.1 Å². The Hall–Kier alpha value is 0. The van der Waals surface area contributed by atoms with E-state index in [2.05, 4.69) is 27.7 Å². The molecule has 1 aliphatic carbocycles. The molecule has 0 aromatic rings. The first-order valence-electron chi connectivity index (χ1n) is 5.63. The third-order valence-corrected chi connectivity index (χ3v) is 4.28. The second-order valence-electron chi connectivity index (χ2n) is 4.90. The van der Waals surface area contributed by atoms with E-state index in [-0.39, 0.29) is 0 Å². The van der Waals surface area contributed by atoms with Crippen molar-refractivity contribution in [2.75, 3.05) is 0 Å². The van der Waals surface area contributed by atoms with Crippen molar-refractivity contribution in [3.63, 3.8) is 0 Å². The van der Waals surface area contributed by atoms with Crippen LogP contribution in [0.2, 0.25) is 0 Å². The molecule has 0 heteroatoms. The summed E-state index contributed by atoms with van der Waals surface area (Å²) in [6.07, 6.45) is 7.28. The minimum absolute atomic E-state index is 0.703. The molecule has 0 N–H and O–H groups in total. The molecule has 0 aromatic heterocycles. The fraction of sp³-hybridized carbons (Fsp3) is 1.00. The van der Waals surface area contributed by atoms with Crippen LogP contribution < -0.4 is 0 Å². The molecule has 1 fully saturated rings. The molecular weight excluding hydrogens is 144 g/mol. The number of hydrogen-bond donors (Lipinski definition) is 0. The van der Waals surface area contributed by atoms with E-state index >= 15 is 0 Å². The molecule has 0 nitrogen and oxygen atoms in total. The van der Waals surface area contributed by atoms with Crippen LogP contribution in [0.1, 0.15) is 59.8 Å². The average Bonchev–Trinajstić information content (AvgIpc) is 2.52. The molecule has 0 saturated heterocycles. The van der Waals surface area contributed by atoms with Gasteiger partial charge in [-0.1, -0.05) is 47.0 Å². The lowest BCUT2D eigenvalue weighted by molar-refractivity contribution is 0.105. The molecule has 72 valence electrons.